The van der Waals surface area contributed by atoms with Crippen molar-refractivity contribution in [3.8, 4) is 0 Å². The molecule has 0 saturated carbocycles. The van der Waals surface area contributed by atoms with E-state index in [4.69, 9.17) is 9.47 Å². The van der Waals surface area contributed by atoms with Gasteiger partial charge in [-0.15, -0.1) is 0 Å². The van der Waals surface area contributed by atoms with Gasteiger partial charge in [0, 0.05) is 16.0 Å². The molecule has 0 unspecified atom stereocenters. The van der Waals surface area contributed by atoms with Gasteiger partial charge in [0.2, 0.25) is 0 Å². The average molecular weight is 313 g/mol. The van der Waals surface area contributed by atoms with Crippen molar-refractivity contribution < 1.29 is 9.47 Å². The Labute approximate surface area is 118 Å². The second-order valence-electron chi connectivity index (χ2n) is 4.91. The molecule has 0 N–H and O–H groups in total. The highest BCUT2D eigenvalue weighted by Gasteiger charge is 2.22. The Morgan fingerprint density at radius 1 is 1.11 bits per heavy atom. The number of ether oxygens (including phenoxy) is 2. The molecule has 0 bridgehead atoms. The zero-order valence-electron chi connectivity index (χ0n) is 10.9. The molecule has 0 radical (unpaired) electrons. The Bertz CT molecular complexity index is 342. The highest BCUT2D eigenvalue weighted by molar-refractivity contribution is 9.10. The van der Waals surface area contributed by atoms with Crippen molar-refractivity contribution >= 4 is 15.9 Å². The van der Waals surface area contributed by atoms with Crippen LogP contribution >= 0.6 is 15.9 Å². The van der Waals surface area contributed by atoms with Gasteiger partial charge in [-0.05, 0) is 18.6 Å². The number of rotatable bonds is 5. The van der Waals surface area contributed by atoms with Gasteiger partial charge in [0.1, 0.15) is 0 Å². The summed E-state index contributed by atoms with van der Waals surface area (Å²) in [7, 11) is 0. The molecular weight excluding hydrogens is 292 g/mol. The molecule has 1 heterocycles. The van der Waals surface area contributed by atoms with Crippen molar-refractivity contribution in [2.75, 3.05) is 13.2 Å². The minimum Gasteiger partial charge on any atom is -0.348 e. The molecule has 0 spiro atoms. The van der Waals surface area contributed by atoms with Gasteiger partial charge in [-0.1, -0.05) is 54.2 Å². The first kappa shape index (κ1) is 14.0. The third-order valence-electron chi connectivity index (χ3n) is 3.32. The number of hydrogen-bond acceptors (Lipinski definition) is 2. The van der Waals surface area contributed by atoms with Crippen LogP contribution in [0.25, 0.3) is 0 Å². The lowest BCUT2D eigenvalue weighted by atomic mass is 10.0. The van der Waals surface area contributed by atoms with Crippen LogP contribution in [0.1, 0.15) is 44.5 Å². The maximum atomic E-state index is 5.81. The summed E-state index contributed by atoms with van der Waals surface area (Å²) in [6, 6.07) is 8.14. The summed E-state index contributed by atoms with van der Waals surface area (Å²) in [5.41, 5.74) is 1.10. The highest BCUT2D eigenvalue weighted by Crippen LogP contribution is 2.27. The van der Waals surface area contributed by atoms with E-state index in [9.17, 15) is 0 Å². The number of hydrogen-bond donors (Lipinski definition) is 0. The zero-order chi connectivity index (χ0) is 12.8. The van der Waals surface area contributed by atoms with Gasteiger partial charge in [0.05, 0.1) is 13.2 Å². The smallest absolute Gasteiger partial charge is 0.183 e. The lowest BCUT2D eigenvalue weighted by Crippen LogP contribution is -2.27. The first-order valence-corrected chi connectivity index (χ1v) is 7.57. The predicted octanol–water partition coefficient (Wildman–Crippen LogP) is 4.69. The standard InChI is InChI=1S/C15H21BrO2/c1-2-3-4-5-12-10-17-15(18-11-12)13-6-8-14(16)9-7-13/h6-9,12,15H,2-5,10-11H2,1H3. The topological polar surface area (TPSA) is 18.5 Å². The van der Waals surface area contributed by atoms with E-state index in [0.29, 0.717) is 5.92 Å². The van der Waals surface area contributed by atoms with E-state index >= 15 is 0 Å². The van der Waals surface area contributed by atoms with E-state index in [1.807, 2.05) is 24.3 Å². The molecule has 3 heteroatoms. The van der Waals surface area contributed by atoms with Crippen molar-refractivity contribution in [2.45, 2.75) is 38.9 Å². The van der Waals surface area contributed by atoms with Crippen LogP contribution in [0.4, 0.5) is 0 Å². The average Bonchev–Trinajstić information content (AvgIpc) is 2.41. The molecule has 0 aliphatic carbocycles. The predicted molar refractivity (Wildman–Crippen MR) is 76.4 cm³/mol. The van der Waals surface area contributed by atoms with Gasteiger partial charge in [-0.2, -0.15) is 0 Å². The number of halogens is 1. The molecule has 0 aromatic heterocycles. The second-order valence-corrected chi connectivity index (χ2v) is 5.83. The third kappa shape index (κ3) is 4.08. The minimum absolute atomic E-state index is 0.180. The van der Waals surface area contributed by atoms with Crippen LogP contribution in [-0.4, -0.2) is 13.2 Å². The Morgan fingerprint density at radius 3 is 2.39 bits per heavy atom. The molecule has 1 aliphatic rings. The van der Waals surface area contributed by atoms with Crippen molar-refractivity contribution in [2.24, 2.45) is 5.92 Å². The third-order valence-corrected chi connectivity index (χ3v) is 3.85. The van der Waals surface area contributed by atoms with Gasteiger partial charge < -0.3 is 9.47 Å². The van der Waals surface area contributed by atoms with E-state index in [1.54, 1.807) is 0 Å². The van der Waals surface area contributed by atoms with E-state index < -0.39 is 0 Å². The molecule has 18 heavy (non-hydrogen) atoms. The van der Waals surface area contributed by atoms with Gasteiger partial charge in [-0.3, -0.25) is 0 Å². The van der Waals surface area contributed by atoms with Crippen LogP contribution in [0.5, 0.6) is 0 Å². The lowest BCUT2D eigenvalue weighted by Gasteiger charge is -2.29. The lowest BCUT2D eigenvalue weighted by molar-refractivity contribution is -0.206. The molecule has 0 amide bonds. The molecule has 1 aromatic rings. The summed E-state index contributed by atoms with van der Waals surface area (Å²) < 4.78 is 12.7. The molecule has 2 rings (SSSR count). The molecular formula is C15H21BrO2. The van der Waals surface area contributed by atoms with E-state index in [-0.39, 0.29) is 6.29 Å². The van der Waals surface area contributed by atoms with Crippen LogP contribution < -0.4 is 0 Å². The minimum atomic E-state index is -0.180. The SMILES string of the molecule is CCCCCC1COC(c2ccc(Br)cc2)OC1. The fourth-order valence-corrected chi connectivity index (χ4v) is 2.47. The first-order valence-electron chi connectivity index (χ1n) is 6.78. The van der Waals surface area contributed by atoms with E-state index in [2.05, 4.69) is 22.9 Å². The van der Waals surface area contributed by atoms with Crippen molar-refractivity contribution in [3.63, 3.8) is 0 Å². The van der Waals surface area contributed by atoms with Crippen LogP contribution in [0, 0.1) is 5.92 Å². The summed E-state index contributed by atoms with van der Waals surface area (Å²) in [6.45, 7) is 3.88. The second kappa shape index (κ2) is 7.27. The monoisotopic (exact) mass is 312 g/mol. The fraction of sp³-hybridized carbons (Fsp3) is 0.600. The van der Waals surface area contributed by atoms with Crippen molar-refractivity contribution in [1.29, 1.82) is 0 Å². The van der Waals surface area contributed by atoms with Gasteiger partial charge in [0.15, 0.2) is 6.29 Å². The number of benzene rings is 1. The van der Waals surface area contributed by atoms with Crippen molar-refractivity contribution in [1.82, 2.24) is 0 Å². The highest BCUT2D eigenvalue weighted by atomic mass is 79.9. The maximum Gasteiger partial charge on any atom is 0.183 e. The summed E-state index contributed by atoms with van der Waals surface area (Å²) in [6.07, 6.45) is 4.92. The largest absolute Gasteiger partial charge is 0.348 e. The van der Waals surface area contributed by atoms with Crippen LogP contribution in [0.2, 0.25) is 0 Å². The summed E-state index contributed by atoms with van der Waals surface area (Å²) in [4.78, 5) is 0. The van der Waals surface area contributed by atoms with Crippen LogP contribution in [-0.2, 0) is 9.47 Å². The van der Waals surface area contributed by atoms with E-state index in [0.717, 1.165) is 23.2 Å². The van der Waals surface area contributed by atoms with Crippen molar-refractivity contribution in [3.05, 3.63) is 34.3 Å². The molecule has 1 saturated heterocycles. The normalized spacial score (nSPS) is 24.1. The summed E-state index contributed by atoms with van der Waals surface area (Å²) in [5.74, 6) is 0.572. The molecule has 1 aliphatic heterocycles. The quantitative estimate of drug-likeness (QED) is 0.734. The Hall–Kier alpha value is -0.380. The van der Waals surface area contributed by atoms with E-state index in [1.165, 1.54) is 25.7 Å². The maximum absolute atomic E-state index is 5.81. The molecule has 1 fully saturated rings. The summed E-state index contributed by atoms with van der Waals surface area (Å²) in [5, 5.41) is 0. The Kier molecular flexibility index (Phi) is 5.67. The fourth-order valence-electron chi connectivity index (χ4n) is 2.21. The molecule has 2 nitrogen and oxygen atoms in total. The Morgan fingerprint density at radius 2 is 1.78 bits per heavy atom. The summed E-state index contributed by atoms with van der Waals surface area (Å²) >= 11 is 3.43. The van der Waals surface area contributed by atoms with Gasteiger partial charge >= 0.3 is 0 Å². The Balaban J connectivity index is 1.77. The van der Waals surface area contributed by atoms with Gasteiger partial charge in [0.25, 0.3) is 0 Å². The molecule has 100 valence electrons. The molecule has 1 aromatic carbocycles. The van der Waals surface area contributed by atoms with Crippen LogP contribution in [0.15, 0.2) is 28.7 Å². The molecule has 0 atom stereocenters. The number of unbranched alkanes of at least 4 members (excludes halogenated alkanes) is 2. The zero-order valence-corrected chi connectivity index (χ0v) is 12.5. The van der Waals surface area contributed by atoms with Crippen LogP contribution in [0.3, 0.4) is 0 Å². The first-order chi connectivity index (χ1) is 8.79. The van der Waals surface area contributed by atoms with Gasteiger partial charge in [-0.25, -0.2) is 0 Å².